The summed E-state index contributed by atoms with van der Waals surface area (Å²) in [5.41, 5.74) is 0. The first kappa shape index (κ1) is 5.82. The largest absolute Gasteiger partial charge is 0.127 e. The maximum absolute atomic E-state index is 1.58. The molecule has 50 valence electrons. The summed E-state index contributed by atoms with van der Waals surface area (Å²) in [6, 6.07) is 0. The normalized spacial score (nSPS) is 41.8. The predicted molar refractivity (Wildman–Crippen MR) is 42.4 cm³/mol. The standard InChI is InChI=1S/C8H15B/c1-2-4-8-6-5-7(3-1)9-8/h7-9H,1-6H2. The molecule has 0 aromatic rings. The minimum Gasteiger partial charge on any atom is -0.0654 e. The van der Waals surface area contributed by atoms with Crippen molar-refractivity contribution in [3.63, 3.8) is 0 Å². The van der Waals surface area contributed by atoms with Crippen LogP contribution in [-0.2, 0) is 0 Å². The second kappa shape index (κ2) is 2.36. The van der Waals surface area contributed by atoms with E-state index in [-0.39, 0.29) is 0 Å². The molecule has 0 aromatic heterocycles. The van der Waals surface area contributed by atoms with Crippen molar-refractivity contribution in [1.82, 2.24) is 0 Å². The Balaban J connectivity index is 1.99. The molecule has 0 amide bonds. The molecule has 0 spiro atoms. The van der Waals surface area contributed by atoms with Gasteiger partial charge in [0.15, 0.2) is 0 Å². The van der Waals surface area contributed by atoms with Crippen LogP contribution in [0.5, 0.6) is 0 Å². The third-order valence-corrected chi connectivity index (χ3v) is 3.12. The Labute approximate surface area is 58.3 Å². The molecule has 2 atom stereocenters. The van der Waals surface area contributed by atoms with E-state index in [4.69, 9.17) is 0 Å². The highest BCUT2D eigenvalue weighted by Gasteiger charge is 2.27. The molecule has 2 fully saturated rings. The lowest BCUT2D eigenvalue weighted by atomic mass is 9.60. The molecule has 2 heterocycles. The molecule has 0 nitrogen and oxygen atoms in total. The second-order valence-corrected chi connectivity index (χ2v) is 3.83. The molecule has 0 aromatic carbocycles. The van der Waals surface area contributed by atoms with Crippen LogP contribution in [-0.4, -0.2) is 7.28 Å². The van der Waals surface area contributed by atoms with E-state index < -0.39 is 0 Å². The van der Waals surface area contributed by atoms with Gasteiger partial charge in [-0.1, -0.05) is 50.2 Å². The van der Waals surface area contributed by atoms with Gasteiger partial charge in [-0.25, -0.2) is 0 Å². The first-order valence-electron chi connectivity index (χ1n) is 4.45. The minimum atomic E-state index is 1.15. The summed E-state index contributed by atoms with van der Waals surface area (Å²) in [5, 5.41) is 0. The van der Waals surface area contributed by atoms with Gasteiger partial charge in [0.2, 0.25) is 0 Å². The minimum absolute atomic E-state index is 1.15. The lowest BCUT2D eigenvalue weighted by molar-refractivity contribution is 0.548. The Bertz CT molecular complexity index is 88.7. The highest BCUT2D eigenvalue weighted by molar-refractivity contribution is 6.40. The van der Waals surface area contributed by atoms with Gasteiger partial charge in [-0.15, -0.1) is 0 Å². The summed E-state index contributed by atoms with van der Waals surface area (Å²) < 4.78 is 0. The molecule has 2 bridgehead atoms. The van der Waals surface area contributed by atoms with Crippen LogP contribution in [0.3, 0.4) is 0 Å². The van der Waals surface area contributed by atoms with Crippen LogP contribution < -0.4 is 0 Å². The van der Waals surface area contributed by atoms with E-state index in [2.05, 4.69) is 0 Å². The second-order valence-electron chi connectivity index (χ2n) is 3.83. The van der Waals surface area contributed by atoms with Gasteiger partial charge in [-0.3, -0.25) is 0 Å². The van der Waals surface area contributed by atoms with Crippen molar-refractivity contribution in [2.24, 2.45) is 0 Å². The SMILES string of the molecule is B1C2CCCCC1CC2. The molecule has 0 saturated carbocycles. The zero-order valence-electron chi connectivity index (χ0n) is 6.10. The summed E-state index contributed by atoms with van der Waals surface area (Å²) in [7, 11) is 1.58. The van der Waals surface area contributed by atoms with Crippen LogP contribution in [0.4, 0.5) is 0 Å². The molecule has 2 saturated heterocycles. The van der Waals surface area contributed by atoms with Crippen molar-refractivity contribution in [2.75, 3.05) is 0 Å². The fraction of sp³-hybridized carbons (Fsp3) is 1.00. The summed E-state index contributed by atoms with van der Waals surface area (Å²) in [6.07, 6.45) is 9.28. The third kappa shape index (κ3) is 1.15. The summed E-state index contributed by atoms with van der Waals surface area (Å²) in [4.78, 5) is 0. The van der Waals surface area contributed by atoms with Crippen LogP contribution in [0, 0.1) is 0 Å². The van der Waals surface area contributed by atoms with E-state index in [9.17, 15) is 0 Å². The lowest BCUT2D eigenvalue weighted by Crippen LogP contribution is -1.95. The van der Waals surface area contributed by atoms with Crippen LogP contribution in [0.2, 0.25) is 11.6 Å². The molecule has 2 aliphatic heterocycles. The molecule has 9 heavy (non-hydrogen) atoms. The van der Waals surface area contributed by atoms with Gasteiger partial charge in [-0.05, 0) is 0 Å². The number of fused-ring (bicyclic) bond motifs is 2. The molecule has 1 heteroatoms. The van der Waals surface area contributed by atoms with Crippen molar-refractivity contribution >= 4 is 7.28 Å². The van der Waals surface area contributed by atoms with Crippen molar-refractivity contribution in [3.05, 3.63) is 0 Å². The van der Waals surface area contributed by atoms with Gasteiger partial charge < -0.3 is 0 Å². The fourth-order valence-electron chi connectivity index (χ4n) is 2.57. The van der Waals surface area contributed by atoms with E-state index >= 15 is 0 Å². The first-order chi connectivity index (χ1) is 4.45. The van der Waals surface area contributed by atoms with E-state index in [1.165, 1.54) is 12.8 Å². The van der Waals surface area contributed by atoms with Crippen molar-refractivity contribution < 1.29 is 0 Å². The Kier molecular flexibility index (Phi) is 1.53. The smallest absolute Gasteiger partial charge is 0.0654 e. The molecule has 2 rings (SSSR count). The van der Waals surface area contributed by atoms with E-state index in [1.807, 2.05) is 0 Å². The summed E-state index contributed by atoms with van der Waals surface area (Å²) >= 11 is 0. The quantitative estimate of drug-likeness (QED) is 0.432. The fourth-order valence-corrected chi connectivity index (χ4v) is 2.57. The van der Waals surface area contributed by atoms with Gasteiger partial charge in [0, 0.05) is 0 Å². The van der Waals surface area contributed by atoms with Gasteiger partial charge in [0.1, 0.15) is 7.28 Å². The van der Waals surface area contributed by atoms with Crippen LogP contribution in [0.1, 0.15) is 38.5 Å². The average Bonchev–Trinajstić information content (AvgIpc) is 2.09. The Morgan fingerprint density at radius 2 is 1.33 bits per heavy atom. The highest BCUT2D eigenvalue weighted by atomic mass is 14.2. The van der Waals surface area contributed by atoms with Gasteiger partial charge in [0.05, 0.1) is 0 Å². The van der Waals surface area contributed by atoms with E-state index in [0.717, 1.165) is 11.6 Å². The Morgan fingerprint density at radius 1 is 0.778 bits per heavy atom. The zero-order valence-corrected chi connectivity index (χ0v) is 6.10. The summed E-state index contributed by atoms with van der Waals surface area (Å²) in [5.74, 6) is 2.30. The number of hydrogen-bond donors (Lipinski definition) is 0. The van der Waals surface area contributed by atoms with Crippen molar-refractivity contribution in [3.8, 4) is 0 Å². The molecular weight excluding hydrogens is 107 g/mol. The van der Waals surface area contributed by atoms with Crippen LogP contribution in [0.15, 0.2) is 0 Å². The highest BCUT2D eigenvalue weighted by Crippen LogP contribution is 2.41. The van der Waals surface area contributed by atoms with E-state index in [0.29, 0.717) is 0 Å². The Hall–Kier alpha value is 0.0649. The van der Waals surface area contributed by atoms with Gasteiger partial charge in [-0.2, -0.15) is 0 Å². The number of rotatable bonds is 0. The summed E-state index contributed by atoms with van der Waals surface area (Å²) in [6.45, 7) is 0. The molecule has 2 aliphatic rings. The molecule has 0 N–H and O–H groups in total. The van der Waals surface area contributed by atoms with Gasteiger partial charge >= 0.3 is 0 Å². The average molecular weight is 122 g/mol. The zero-order chi connectivity index (χ0) is 6.10. The first-order valence-corrected chi connectivity index (χ1v) is 4.45. The monoisotopic (exact) mass is 122 g/mol. The van der Waals surface area contributed by atoms with Crippen LogP contribution >= 0.6 is 0 Å². The van der Waals surface area contributed by atoms with Crippen molar-refractivity contribution in [2.45, 2.75) is 50.2 Å². The van der Waals surface area contributed by atoms with Crippen molar-refractivity contribution in [1.29, 1.82) is 0 Å². The maximum atomic E-state index is 1.58. The topological polar surface area (TPSA) is 0 Å². The maximum Gasteiger partial charge on any atom is 0.127 e. The lowest BCUT2D eigenvalue weighted by Gasteiger charge is -2.06. The Morgan fingerprint density at radius 3 is 1.89 bits per heavy atom. The van der Waals surface area contributed by atoms with Crippen LogP contribution in [0.25, 0.3) is 0 Å². The molecule has 0 aliphatic carbocycles. The molecular formula is C8H15B. The number of hydrogen-bond acceptors (Lipinski definition) is 0. The van der Waals surface area contributed by atoms with Gasteiger partial charge in [0.25, 0.3) is 0 Å². The predicted octanol–water partition coefficient (Wildman–Crippen LogP) is 2.37. The third-order valence-electron chi connectivity index (χ3n) is 3.12. The molecule has 2 unspecified atom stereocenters. The molecule has 0 radical (unpaired) electrons. The van der Waals surface area contributed by atoms with E-state index in [1.54, 1.807) is 33.0 Å².